The second-order valence-electron chi connectivity index (χ2n) is 0.990. The largest absolute Gasteiger partial charge is 0.235 e. The second-order valence-corrected chi connectivity index (χ2v) is 6.12. The van der Waals surface area contributed by atoms with Crippen LogP contribution in [0, 0.1) is 0 Å². The van der Waals surface area contributed by atoms with Crippen molar-refractivity contribution in [1.82, 2.24) is 0 Å². The van der Waals surface area contributed by atoms with Gasteiger partial charge in [-0.25, -0.2) is 4.99 Å². The lowest BCUT2D eigenvalue weighted by molar-refractivity contribution is 1.82. The maximum absolute atomic E-state index is 4.76. The Morgan fingerprint density at radius 1 is 1.43 bits per heavy atom. The van der Waals surface area contributed by atoms with Gasteiger partial charge in [-0.1, -0.05) is 0 Å². The summed E-state index contributed by atoms with van der Waals surface area (Å²) in [5.74, 6) is 0. The first-order chi connectivity index (χ1) is 3.21. The molecule has 0 N–H and O–H groups in total. The average Bonchev–Trinajstić information content (AvgIpc) is 1.84. The number of aliphatic imine (C=N–C) groups is 1. The van der Waals surface area contributed by atoms with Gasteiger partial charge in [-0.05, 0) is 22.4 Å². The van der Waals surface area contributed by atoms with Gasteiger partial charge in [-0.15, -0.1) is 0 Å². The second kappa shape index (κ2) is 1.57. The van der Waals surface area contributed by atoms with Crippen LogP contribution in [0.1, 0.15) is 0 Å². The molecule has 0 spiro atoms. The third-order valence-corrected chi connectivity index (χ3v) is 2.26. The zero-order chi connectivity index (χ0) is 5.33. The molecular formula is C2H2N2S3. The summed E-state index contributed by atoms with van der Waals surface area (Å²) in [5, 5.41) is 0. The van der Waals surface area contributed by atoms with E-state index in [1.165, 1.54) is 11.9 Å². The van der Waals surface area contributed by atoms with Gasteiger partial charge in [0.05, 0.1) is 5.55 Å². The molecule has 0 aromatic rings. The van der Waals surface area contributed by atoms with Crippen LogP contribution in [0.25, 0.3) is 0 Å². The highest BCUT2D eigenvalue weighted by molar-refractivity contribution is 8.62. The van der Waals surface area contributed by atoms with Crippen LogP contribution in [0.15, 0.2) is 9.39 Å². The van der Waals surface area contributed by atoms with E-state index in [1.807, 2.05) is 0 Å². The number of hydrogen-bond donors (Lipinski definition) is 0. The van der Waals surface area contributed by atoms with Gasteiger partial charge in [0, 0.05) is 7.33 Å². The van der Waals surface area contributed by atoms with E-state index >= 15 is 0 Å². The first-order valence-electron chi connectivity index (χ1n) is 1.53. The molecule has 1 aliphatic rings. The van der Waals surface area contributed by atoms with E-state index in [2.05, 4.69) is 9.39 Å². The highest BCUT2D eigenvalue weighted by Gasteiger charge is 1.93. The summed E-state index contributed by atoms with van der Waals surface area (Å²) < 4.78 is 3.73. The van der Waals surface area contributed by atoms with Crippen molar-refractivity contribution in [3.05, 3.63) is 0 Å². The maximum atomic E-state index is 4.76. The quantitative estimate of drug-likeness (QED) is 0.487. The molecule has 38 valence electrons. The summed E-state index contributed by atoms with van der Waals surface area (Å²) >= 11 is 9.52. The van der Waals surface area contributed by atoms with Crippen LogP contribution in [0.5, 0.6) is 0 Å². The van der Waals surface area contributed by atoms with Crippen molar-refractivity contribution in [2.24, 2.45) is 9.39 Å². The monoisotopic (exact) mass is 150 g/mol. The van der Waals surface area contributed by atoms with E-state index in [4.69, 9.17) is 22.4 Å². The molecule has 0 fully saturated rings. The molecule has 2 nitrogen and oxygen atoms in total. The zero-order valence-electron chi connectivity index (χ0n) is 3.27. The molecule has 0 unspecified atom stereocenters. The minimum absolute atomic E-state index is 1.41. The fraction of sp³-hybridized carbons (Fsp3) is 0. The molecule has 0 radical (unpaired) electrons. The molecule has 0 saturated heterocycles. The maximum Gasteiger partial charge on any atom is 0.125 e. The molecule has 0 aliphatic carbocycles. The predicted molar refractivity (Wildman–Crippen MR) is 39.1 cm³/mol. The summed E-state index contributed by atoms with van der Waals surface area (Å²) in [4.78, 5) is 3.65. The fourth-order valence-electron chi connectivity index (χ4n) is 0.224. The van der Waals surface area contributed by atoms with Gasteiger partial charge in [0.1, 0.15) is 6.34 Å². The van der Waals surface area contributed by atoms with Gasteiger partial charge >= 0.3 is 0 Å². The highest BCUT2D eigenvalue weighted by Crippen LogP contribution is 1.92. The Morgan fingerprint density at radius 2 is 2.14 bits per heavy atom. The molecule has 0 aromatic carbocycles. The first-order valence-corrected chi connectivity index (χ1v) is 5.03. The first kappa shape index (κ1) is 5.27. The Labute approximate surface area is 51.3 Å². The van der Waals surface area contributed by atoms with Crippen molar-refractivity contribution in [2.45, 2.75) is 0 Å². The Kier molecular flexibility index (Phi) is 1.18. The van der Waals surface area contributed by atoms with E-state index in [0.29, 0.717) is 0 Å². The van der Waals surface area contributed by atoms with Crippen LogP contribution >= 0.6 is 0 Å². The predicted octanol–water partition coefficient (Wildman–Crippen LogP) is 0.0494. The molecule has 7 heavy (non-hydrogen) atoms. The van der Waals surface area contributed by atoms with E-state index in [1.54, 1.807) is 0 Å². The van der Waals surface area contributed by atoms with Crippen molar-refractivity contribution in [1.29, 1.82) is 0 Å². The standard InChI is InChI=1S/C2H2N2S3/c5-7(6)2-3-1-4-7/h1-2H. The van der Waals surface area contributed by atoms with Crippen LogP contribution in [-0.4, -0.2) is 11.9 Å². The summed E-state index contributed by atoms with van der Waals surface area (Å²) in [6, 6.07) is 0. The van der Waals surface area contributed by atoms with Crippen LogP contribution in [0.3, 0.4) is 0 Å². The summed E-state index contributed by atoms with van der Waals surface area (Å²) in [6.07, 6.45) is 1.41. The fourth-order valence-corrected chi connectivity index (χ4v) is 1.20. The van der Waals surface area contributed by atoms with Gasteiger partial charge in [-0.3, -0.25) is 0 Å². The summed E-state index contributed by atoms with van der Waals surface area (Å²) in [5.41, 5.74) is 1.54. The minimum atomic E-state index is -1.60. The average molecular weight is 150 g/mol. The van der Waals surface area contributed by atoms with Crippen molar-refractivity contribution in [3.63, 3.8) is 0 Å². The van der Waals surface area contributed by atoms with E-state index in [9.17, 15) is 0 Å². The number of hydrogen-bond acceptors (Lipinski definition) is 3. The van der Waals surface area contributed by atoms with Crippen molar-refractivity contribution < 1.29 is 0 Å². The van der Waals surface area contributed by atoms with Gasteiger partial charge in [0.15, 0.2) is 0 Å². The Hall–Kier alpha value is 0.130. The van der Waals surface area contributed by atoms with Gasteiger partial charge in [0.25, 0.3) is 0 Å². The molecule has 1 rings (SSSR count). The van der Waals surface area contributed by atoms with Gasteiger partial charge in [0.2, 0.25) is 0 Å². The molecule has 5 heteroatoms. The van der Waals surface area contributed by atoms with E-state index < -0.39 is 7.33 Å². The molecule has 0 atom stereocenters. The zero-order valence-corrected chi connectivity index (χ0v) is 5.72. The van der Waals surface area contributed by atoms with Crippen molar-refractivity contribution in [3.8, 4) is 0 Å². The third-order valence-electron chi connectivity index (χ3n) is 0.455. The van der Waals surface area contributed by atoms with Gasteiger partial charge < -0.3 is 0 Å². The molecule has 0 aromatic heterocycles. The molecular weight excluding hydrogens is 148 g/mol. The lowest BCUT2D eigenvalue weighted by atomic mass is 11.3. The SMILES string of the molecule is S=S1(=S)C=NC=N1. The number of nitrogens with zero attached hydrogens (tertiary/aromatic N) is 2. The Morgan fingerprint density at radius 3 is 2.29 bits per heavy atom. The van der Waals surface area contributed by atoms with Crippen LogP contribution in [0.4, 0.5) is 0 Å². The highest BCUT2D eigenvalue weighted by atomic mass is 33.1. The Balaban J connectivity index is 3.25. The van der Waals surface area contributed by atoms with Crippen LogP contribution < -0.4 is 0 Å². The summed E-state index contributed by atoms with van der Waals surface area (Å²) in [6.45, 7) is 0. The third kappa shape index (κ3) is 1.25. The smallest absolute Gasteiger partial charge is 0.125 e. The molecule has 0 saturated carbocycles. The van der Waals surface area contributed by atoms with Crippen LogP contribution in [-0.2, 0) is 29.7 Å². The topological polar surface area (TPSA) is 24.7 Å². The molecule has 1 aliphatic heterocycles. The lowest BCUT2D eigenvalue weighted by Crippen LogP contribution is -1.83. The molecule has 1 heterocycles. The lowest BCUT2D eigenvalue weighted by Gasteiger charge is -1.80. The van der Waals surface area contributed by atoms with Crippen molar-refractivity contribution in [2.75, 3.05) is 0 Å². The Bertz CT molecular complexity index is 191. The van der Waals surface area contributed by atoms with Gasteiger partial charge in [-0.2, -0.15) is 4.40 Å². The molecule has 0 amide bonds. The summed E-state index contributed by atoms with van der Waals surface area (Å²) in [7, 11) is -1.60. The number of rotatable bonds is 0. The van der Waals surface area contributed by atoms with E-state index in [-0.39, 0.29) is 0 Å². The minimum Gasteiger partial charge on any atom is -0.235 e. The normalized spacial score (nSPS) is 23.4. The van der Waals surface area contributed by atoms with Crippen molar-refractivity contribution >= 4 is 41.6 Å². The van der Waals surface area contributed by atoms with Crippen LogP contribution in [0.2, 0.25) is 0 Å². The molecule has 0 bridgehead atoms. The van der Waals surface area contributed by atoms with E-state index in [0.717, 1.165) is 0 Å².